The van der Waals surface area contributed by atoms with Crippen molar-refractivity contribution in [3.05, 3.63) is 12.3 Å². The SMILES string of the molecule is CCCC[SiH](OC)OC=CC1CCCC1. The highest BCUT2D eigenvalue weighted by atomic mass is 28.3. The van der Waals surface area contributed by atoms with E-state index in [9.17, 15) is 0 Å². The third-order valence-corrected chi connectivity index (χ3v) is 4.90. The zero-order valence-electron chi connectivity index (χ0n) is 10.1. The van der Waals surface area contributed by atoms with E-state index in [2.05, 4.69) is 13.0 Å². The molecule has 1 fully saturated rings. The van der Waals surface area contributed by atoms with E-state index < -0.39 is 9.28 Å². The highest BCUT2D eigenvalue weighted by molar-refractivity contribution is 6.44. The smallest absolute Gasteiger partial charge is 0.381 e. The summed E-state index contributed by atoms with van der Waals surface area (Å²) in [7, 11) is 0.396. The van der Waals surface area contributed by atoms with Gasteiger partial charge in [0.2, 0.25) is 0 Å². The van der Waals surface area contributed by atoms with Gasteiger partial charge in [-0.3, -0.25) is 0 Å². The van der Waals surface area contributed by atoms with E-state index in [0.717, 1.165) is 12.0 Å². The van der Waals surface area contributed by atoms with Gasteiger partial charge in [0.1, 0.15) is 0 Å². The molecule has 2 nitrogen and oxygen atoms in total. The Morgan fingerprint density at radius 1 is 1.33 bits per heavy atom. The predicted molar refractivity (Wildman–Crippen MR) is 66.1 cm³/mol. The molecule has 1 rings (SSSR count). The number of rotatable bonds is 7. The number of hydrogen-bond donors (Lipinski definition) is 0. The van der Waals surface area contributed by atoms with Crippen LogP contribution in [0.3, 0.4) is 0 Å². The van der Waals surface area contributed by atoms with E-state index in [-0.39, 0.29) is 0 Å². The van der Waals surface area contributed by atoms with Gasteiger partial charge in [0.15, 0.2) is 0 Å². The summed E-state index contributed by atoms with van der Waals surface area (Å²) in [5.41, 5.74) is 0. The van der Waals surface area contributed by atoms with Gasteiger partial charge in [-0.25, -0.2) is 0 Å². The molecule has 0 saturated heterocycles. The first-order valence-electron chi connectivity index (χ1n) is 6.21. The molecule has 0 aromatic heterocycles. The van der Waals surface area contributed by atoms with E-state index in [1.54, 1.807) is 7.11 Å². The lowest BCUT2D eigenvalue weighted by atomic mass is 10.1. The molecule has 1 saturated carbocycles. The first-order valence-corrected chi connectivity index (χ1v) is 7.97. The quantitative estimate of drug-likeness (QED) is 0.491. The van der Waals surface area contributed by atoms with Gasteiger partial charge in [0.25, 0.3) is 0 Å². The van der Waals surface area contributed by atoms with E-state index in [1.807, 2.05) is 6.26 Å². The summed E-state index contributed by atoms with van der Waals surface area (Å²) in [5, 5.41) is 0. The van der Waals surface area contributed by atoms with Gasteiger partial charge >= 0.3 is 9.28 Å². The zero-order valence-corrected chi connectivity index (χ0v) is 11.2. The van der Waals surface area contributed by atoms with E-state index in [4.69, 9.17) is 8.85 Å². The van der Waals surface area contributed by atoms with Crippen LogP contribution < -0.4 is 0 Å². The second-order valence-electron chi connectivity index (χ2n) is 4.32. The fraction of sp³-hybridized carbons (Fsp3) is 0.833. The van der Waals surface area contributed by atoms with Crippen LogP contribution in [-0.4, -0.2) is 16.4 Å². The van der Waals surface area contributed by atoms with Crippen LogP contribution in [0.25, 0.3) is 0 Å². The lowest BCUT2D eigenvalue weighted by Gasteiger charge is -2.12. The first kappa shape index (κ1) is 12.8. The molecule has 0 radical (unpaired) electrons. The van der Waals surface area contributed by atoms with Crippen LogP contribution in [0, 0.1) is 5.92 Å². The van der Waals surface area contributed by atoms with Crippen LogP contribution in [0.2, 0.25) is 6.04 Å². The van der Waals surface area contributed by atoms with Gasteiger partial charge in [-0.1, -0.05) is 32.6 Å². The van der Waals surface area contributed by atoms with Crippen molar-refractivity contribution in [2.24, 2.45) is 5.92 Å². The van der Waals surface area contributed by atoms with Gasteiger partial charge in [-0.15, -0.1) is 0 Å². The maximum Gasteiger partial charge on any atom is 0.381 e. The van der Waals surface area contributed by atoms with E-state index >= 15 is 0 Å². The topological polar surface area (TPSA) is 18.5 Å². The highest BCUT2D eigenvalue weighted by Crippen LogP contribution is 2.25. The summed E-state index contributed by atoms with van der Waals surface area (Å²) in [6.07, 6.45) is 12.0. The van der Waals surface area contributed by atoms with E-state index in [0.29, 0.717) is 0 Å². The van der Waals surface area contributed by atoms with Gasteiger partial charge < -0.3 is 8.85 Å². The lowest BCUT2D eigenvalue weighted by molar-refractivity contribution is 0.302. The molecular weight excluding hydrogens is 204 g/mol. The molecule has 1 atom stereocenters. The molecule has 0 aromatic carbocycles. The Morgan fingerprint density at radius 2 is 2.07 bits per heavy atom. The molecule has 0 aromatic rings. The van der Waals surface area contributed by atoms with Gasteiger partial charge in [0, 0.05) is 7.11 Å². The third-order valence-electron chi connectivity index (χ3n) is 3.04. The summed E-state index contributed by atoms with van der Waals surface area (Å²) in [5.74, 6) is 0.766. The molecule has 0 aliphatic heterocycles. The Hall–Kier alpha value is -0.283. The fourth-order valence-corrected chi connectivity index (χ4v) is 3.50. The summed E-state index contributed by atoms with van der Waals surface area (Å²) >= 11 is 0. The molecular formula is C12H24O2Si. The molecule has 88 valence electrons. The number of allylic oxidation sites excluding steroid dienone is 1. The Kier molecular flexibility index (Phi) is 6.77. The Balaban J connectivity index is 2.14. The summed E-state index contributed by atoms with van der Waals surface area (Å²) < 4.78 is 11.1. The summed E-state index contributed by atoms with van der Waals surface area (Å²) in [6, 6.07) is 1.13. The molecule has 0 bridgehead atoms. The normalized spacial score (nSPS) is 19.9. The predicted octanol–water partition coefficient (Wildman–Crippen LogP) is 3.37. The van der Waals surface area contributed by atoms with Crippen molar-refractivity contribution in [2.45, 2.75) is 51.5 Å². The standard InChI is InChI=1S/C12H24O2Si/c1-3-4-11-15(13-2)14-10-9-12-7-5-6-8-12/h9-10,12,15H,3-8,11H2,1-2H3. The Bertz CT molecular complexity index is 176. The van der Waals surface area contributed by atoms with Crippen LogP contribution in [-0.2, 0) is 8.85 Å². The van der Waals surface area contributed by atoms with Crippen molar-refractivity contribution in [2.75, 3.05) is 7.11 Å². The van der Waals surface area contributed by atoms with E-state index in [1.165, 1.54) is 38.5 Å². The summed E-state index contributed by atoms with van der Waals surface area (Å²) in [4.78, 5) is 0. The van der Waals surface area contributed by atoms with Crippen molar-refractivity contribution in [3.8, 4) is 0 Å². The molecule has 0 spiro atoms. The second kappa shape index (κ2) is 7.94. The third kappa shape index (κ3) is 5.38. The molecule has 3 heteroatoms. The molecule has 1 aliphatic carbocycles. The number of unbranched alkanes of at least 4 members (excludes halogenated alkanes) is 1. The van der Waals surface area contributed by atoms with Crippen LogP contribution >= 0.6 is 0 Å². The Morgan fingerprint density at radius 3 is 2.67 bits per heavy atom. The maximum absolute atomic E-state index is 5.69. The minimum atomic E-state index is -1.38. The monoisotopic (exact) mass is 228 g/mol. The lowest BCUT2D eigenvalue weighted by Crippen LogP contribution is -2.17. The van der Waals surface area contributed by atoms with Gasteiger partial charge in [-0.2, -0.15) is 0 Å². The van der Waals surface area contributed by atoms with Crippen LogP contribution in [0.4, 0.5) is 0 Å². The van der Waals surface area contributed by atoms with Crippen molar-refractivity contribution in [3.63, 3.8) is 0 Å². The van der Waals surface area contributed by atoms with Gasteiger partial charge in [-0.05, 0) is 30.9 Å². The van der Waals surface area contributed by atoms with Crippen molar-refractivity contribution >= 4 is 9.28 Å². The fourth-order valence-electron chi connectivity index (χ4n) is 2.01. The van der Waals surface area contributed by atoms with Crippen LogP contribution in [0.15, 0.2) is 12.3 Å². The average Bonchev–Trinajstić information content (AvgIpc) is 2.76. The van der Waals surface area contributed by atoms with Crippen molar-refractivity contribution < 1.29 is 8.85 Å². The molecule has 1 aliphatic rings. The zero-order chi connectivity index (χ0) is 10.9. The summed E-state index contributed by atoms with van der Waals surface area (Å²) in [6.45, 7) is 2.20. The molecule has 0 N–H and O–H groups in total. The van der Waals surface area contributed by atoms with Gasteiger partial charge in [0.05, 0.1) is 6.26 Å². The molecule has 1 unspecified atom stereocenters. The number of hydrogen-bond acceptors (Lipinski definition) is 2. The Labute approximate surface area is 95.5 Å². The molecule has 0 heterocycles. The van der Waals surface area contributed by atoms with Crippen molar-refractivity contribution in [1.82, 2.24) is 0 Å². The highest BCUT2D eigenvalue weighted by Gasteiger charge is 2.13. The minimum Gasteiger partial charge on any atom is -0.529 e. The van der Waals surface area contributed by atoms with Crippen molar-refractivity contribution in [1.29, 1.82) is 0 Å². The van der Waals surface area contributed by atoms with Crippen LogP contribution in [0.1, 0.15) is 45.4 Å². The largest absolute Gasteiger partial charge is 0.529 e. The average molecular weight is 228 g/mol. The van der Waals surface area contributed by atoms with Crippen LogP contribution in [0.5, 0.6) is 0 Å². The second-order valence-corrected chi connectivity index (χ2v) is 6.50. The molecule has 0 amide bonds. The molecule has 15 heavy (non-hydrogen) atoms. The maximum atomic E-state index is 5.69. The minimum absolute atomic E-state index is 0.766. The first-order chi connectivity index (χ1) is 7.36.